The van der Waals surface area contributed by atoms with E-state index < -0.39 is 23.4 Å². The van der Waals surface area contributed by atoms with Gasteiger partial charge in [-0.25, -0.2) is 0 Å². The third kappa shape index (κ3) is 7.69. The molecule has 27 heavy (non-hydrogen) atoms. The Morgan fingerprint density at radius 1 is 0.963 bits per heavy atom. The number of carbonyl (C=O) groups is 3. The number of hydrogen-bond donors (Lipinski definition) is 1. The third-order valence-corrected chi connectivity index (χ3v) is 3.80. The first-order valence-corrected chi connectivity index (χ1v) is 8.95. The predicted octanol–water partition coefficient (Wildman–Crippen LogP) is 4.08. The fourth-order valence-corrected chi connectivity index (χ4v) is 2.15. The quantitative estimate of drug-likeness (QED) is 0.402. The fraction of sp³-hybridized carbons (Fsp3) is 0.550. The van der Waals surface area contributed by atoms with Crippen LogP contribution in [0, 0.1) is 5.41 Å². The van der Waals surface area contributed by atoms with Crippen molar-refractivity contribution in [2.45, 2.75) is 66.3 Å². The number of ketones is 1. The third-order valence-electron chi connectivity index (χ3n) is 3.80. The van der Waals surface area contributed by atoms with Gasteiger partial charge in [0.2, 0.25) is 0 Å². The molecular formula is C20H30ClNO5. The molecule has 0 amide bonds. The molecule has 0 spiro atoms. The van der Waals surface area contributed by atoms with E-state index in [1.807, 2.05) is 34.6 Å². The van der Waals surface area contributed by atoms with Gasteiger partial charge in [0.15, 0.2) is 17.3 Å². The molecule has 0 saturated heterocycles. The molecule has 0 bridgehead atoms. The van der Waals surface area contributed by atoms with Crippen molar-refractivity contribution >= 4 is 30.1 Å². The number of nitrogens with two attached hydrogens (primary N) is 1. The van der Waals surface area contributed by atoms with Crippen LogP contribution in [0.15, 0.2) is 18.2 Å². The molecule has 1 unspecified atom stereocenters. The Labute approximate surface area is 167 Å². The highest BCUT2D eigenvalue weighted by Gasteiger charge is 2.29. The summed E-state index contributed by atoms with van der Waals surface area (Å²) in [6.07, 6.45) is 1.73. The molecule has 0 radical (unpaired) electrons. The van der Waals surface area contributed by atoms with Crippen molar-refractivity contribution in [1.82, 2.24) is 0 Å². The van der Waals surface area contributed by atoms with Crippen molar-refractivity contribution in [1.29, 1.82) is 0 Å². The van der Waals surface area contributed by atoms with Crippen molar-refractivity contribution in [3.05, 3.63) is 23.8 Å². The number of halogens is 1. The number of benzene rings is 1. The van der Waals surface area contributed by atoms with Crippen molar-refractivity contribution in [3.8, 4) is 11.5 Å². The van der Waals surface area contributed by atoms with Gasteiger partial charge in [-0.1, -0.05) is 34.6 Å². The fourth-order valence-electron chi connectivity index (χ4n) is 2.15. The first-order valence-electron chi connectivity index (χ1n) is 8.95. The van der Waals surface area contributed by atoms with Gasteiger partial charge in [-0.15, -0.1) is 12.4 Å². The largest absolute Gasteiger partial charge is 0.423 e. The van der Waals surface area contributed by atoms with Crippen LogP contribution >= 0.6 is 12.4 Å². The zero-order valence-corrected chi connectivity index (χ0v) is 17.5. The van der Waals surface area contributed by atoms with E-state index in [9.17, 15) is 14.4 Å². The molecule has 1 atom stereocenters. The standard InChI is InChI=1S/C20H29NO5.ClH/c1-6-8-16(22)25-14-11-10-13(18(24)19(21)20(3,4)5)12-15(14)26-17(23)9-7-2;/h10-12,19H,6-9,21H2,1-5H3;1H. The minimum absolute atomic E-state index is 0. The van der Waals surface area contributed by atoms with Crippen molar-refractivity contribution < 1.29 is 23.9 Å². The van der Waals surface area contributed by atoms with Crippen LogP contribution in [0.25, 0.3) is 0 Å². The van der Waals surface area contributed by atoms with Crippen LogP contribution < -0.4 is 15.2 Å². The first-order chi connectivity index (χ1) is 12.1. The van der Waals surface area contributed by atoms with Crippen LogP contribution in [0.3, 0.4) is 0 Å². The average Bonchev–Trinajstić information content (AvgIpc) is 2.54. The van der Waals surface area contributed by atoms with Gasteiger partial charge in [0.05, 0.1) is 6.04 Å². The lowest BCUT2D eigenvalue weighted by Crippen LogP contribution is -2.42. The summed E-state index contributed by atoms with van der Waals surface area (Å²) < 4.78 is 10.6. The highest BCUT2D eigenvalue weighted by atomic mass is 35.5. The minimum atomic E-state index is -0.713. The lowest BCUT2D eigenvalue weighted by molar-refractivity contribution is -0.137. The lowest BCUT2D eigenvalue weighted by atomic mass is 9.83. The van der Waals surface area contributed by atoms with E-state index in [0.29, 0.717) is 18.4 Å². The Kier molecular flexibility index (Phi) is 10.3. The monoisotopic (exact) mass is 399 g/mol. The number of hydrogen-bond acceptors (Lipinski definition) is 6. The van der Waals surface area contributed by atoms with E-state index in [4.69, 9.17) is 15.2 Å². The summed E-state index contributed by atoms with van der Waals surface area (Å²) in [4.78, 5) is 36.3. The van der Waals surface area contributed by atoms with Crippen LogP contribution in [-0.2, 0) is 9.59 Å². The summed E-state index contributed by atoms with van der Waals surface area (Å²) in [5.74, 6) is -0.971. The van der Waals surface area contributed by atoms with E-state index in [2.05, 4.69) is 0 Å². The van der Waals surface area contributed by atoms with Crippen molar-refractivity contribution in [3.63, 3.8) is 0 Å². The molecule has 0 saturated carbocycles. The van der Waals surface area contributed by atoms with Gasteiger partial charge < -0.3 is 15.2 Å². The summed E-state index contributed by atoms with van der Waals surface area (Å²) in [6, 6.07) is 3.69. The molecule has 1 rings (SSSR count). The molecule has 7 heteroatoms. The van der Waals surface area contributed by atoms with Crippen molar-refractivity contribution in [2.75, 3.05) is 0 Å². The predicted molar refractivity (Wildman–Crippen MR) is 107 cm³/mol. The minimum Gasteiger partial charge on any atom is -0.423 e. The molecule has 6 nitrogen and oxygen atoms in total. The number of rotatable bonds is 8. The van der Waals surface area contributed by atoms with Gasteiger partial charge in [0.25, 0.3) is 0 Å². The SMILES string of the molecule is CCCC(=O)Oc1ccc(C(=O)C(N)C(C)(C)C)cc1OC(=O)CCC.Cl. The maximum absolute atomic E-state index is 12.6. The second-order valence-corrected chi connectivity index (χ2v) is 7.32. The highest BCUT2D eigenvalue weighted by molar-refractivity contribution is 6.01. The second-order valence-electron chi connectivity index (χ2n) is 7.32. The maximum Gasteiger partial charge on any atom is 0.311 e. The van der Waals surface area contributed by atoms with E-state index in [0.717, 1.165) is 0 Å². The smallest absolute Gasteiger partial charge is 0.311 e. The molecule has 1 aromatic carbocycles. The number of esters is 2. The zero-order valence-electron chi connectivity index (χ0n) is 16.7. The van der Waals surface area contributed by atoms with Gasteiger partial charge in [-0.3, -0.25) is 14.4 Å². The summed E-state index contributed by atoms with van der Waals surface area (Å²) >= 11 is 0. The molecule has 0 aliphatic carbocycles. The Morgan fingerprint density at radius 2 is 1.44 bits per heavy atom. The number of ether oxygens (including phenoxy) is 2. The summed E-state index contributed by atoms with van der Waals surface area (Å²) in [7, 11) is 0. The summed E-state index contributed by atoms with van der Waals surface area (Å²) in [6.45, 7) is 9.33. The van der Waals surface area contributed by atoms with E-state index in [1.54, 1.807) is 0 Å². The van der Waals surface area contributed by atoms with Crippen LogP contribution in [-0.4, -0.2) is 23.8 Å². The molecule has 0 aliphatic rings. The lowest BCUT2D eigenvalue weighted by Gasteiger charge is -2.25. The zero-order chi connectivity index (χ0) is 19.9. The van der Waals surface area contributed by atoms with E-state index >= 15 is 0 Å². The first kappa shape index (κ1) is 25.1. The maximum atomic E-state index is 12.6. The highest BCUT2D eigenvalue weighted by Crippen LogP contribution is 2.31. The van der Waals surface area contributed by atoms with E-state index in [1.165, 1.54) is 18.2 Å². The van der Waals surface area contributed by atoms with Crippen LogP contribution in [0.2, 0.25) is 0 Å². The molecule has 0 heterocycles. The second kappa shape index (κ2) is 11.0. The van der Waals surface area contributed by atoms with Gasteiger partial charge in [0, 0.05) is 18.4 Å². The molecule has 1 aromatic rings. The molecule has 0 aliphatic heterocycles. The van der Waals surface area contributed by atoms with E-state index in [-0.39, 0.29) is 42.5 Å². The Bertz CT molecular complexity index is 667. The molecule has 2 N–H and O–H groups in total. The average molecular weight is 400 g/mol. The summed E-state index contributed by atoms with van der Waals surface area (Å²) in [5.41, 5.74) is 5.93. The van der Waals surface area contributed by atoms with Crippen LogP contribution in [0.1, 0.15) is 70.7 Å². The molecule has 0 fully saturated rings. The Balaban J connectivity index is 0.00000676. The molecule has 0 aromatic heterocycles. The van der Waals surface area contributed by atoms with Gasteiger partial charge in [-0.05, 0) is 36.5 Å². The topological polar surface area (TPSA) is 95.7 Å². The van der Waals surface area contributed by atoms with Gasteiger partial charge in [-0.2, -0.15) is 0 Å². The van der Waals surface area contributed by atoms with Gasteiger partial charge in [0.1, 0.15) is 0 Å². The molecule has 152 valence electrons. The van der Waals surface area contributed by atoms with Crippen LogP contribution in [0.4, 0.5) is 0 Å². The van der Waals surface area contributed by atoms with Crippen LogP contribution in [0.5, 0.6) is 11.5 Å². The van der Waals surface area contributed by atoms with Crippen molar-refractivity contribution in [2.24, 2.45) is 11.1 Å². The summed E-state index contributed by atoms with van der Waals surface area (Å²) in [5, 5.41) is 0. The number of carbonyl (C=O) groups excluding carboxylic acids is 3. The van der Waals surface area contributed by atoms with Gasteiger partial charge >= 0.3 is 11.9 Å². The Morgan fingerprint density at radius 3 is 1.89 bits per heavy atom. The normalized spacial score (nSPS) is 11.9. The molecular weight excluding hydrogens is 370 g/mol. The number of Topliss-reactive ketones (excluding diaryl/α,β-unsaturated/α-hetero) is 1. The Hall–Kier alpha value is -1.92.